The molecular formula is C22H27N3O3. The first-order valence-electron chi connectivity index (χ1n) is 9.70. The maximum absolute atomic E-state index is 12.5. The average molecular weight is 381 g/mol. The van der Waals surface area contributed by atoms with Crippen LogP contribution in [0, 0.1) is 5.92 Å². The van der Waals surface area contributed by atoms with Crippen LogP contribution in [0.3, 0.4) is 0 Å². The van der Waals surface area contributed by atoms with Gasteiger partial charge in [-0.2, -0.15) is 0 Å². The number of rotatable bonds is 5. The molecule has 3 amide bonds. The number of para-hydroxylation sites is 1. The van der Waals surface area contributed by atoms with E-state index in [2.05, 4.69) is 10.6 Å². The number of piperidine rings is 1. The lowest BCUT2D eigenvalue weighted by atomic mass is 9.96. The highest BCUT2D eigenvalue weighted by atomic mass is 16.5. The predicted octanol–water partition coefficient (Wildman–Crippen LogP) is 4.36. The molecule has 3 rings (SSSR count). The Hall–Kier alpha value is -3.02. The molecule has 1 aliphatic rings. The molecular weight excluding hydrogens is 354 g/mol. The van der Waals surface area contributed by atoms with Crippen molar-refractivity contribution in [2.75, 3.05) is 23.7 Å². The smallest absolute Gasteiger partial charge is 0.321 e. The molecule has 28 heavy (non-hydrogen) atoms. The molecule has 1 heterocycles. The van der Waals surface area contributed by atoms with Crippen LogP contribution in [0.4, 0.5) is 16.2 Å². The molecule has 2 aromatic rings. The largest absolute Gasteiger partial charge is 0.491 e. The number of nitrogens with one attached hydrogen (secondary N) is 2. The lowest BCUT2D eigenvalue weighted by molar-refractivity contribution is -0.121. The first-order chi connectivity index (χ1) is 13.5. The summed E-state index contributed by atoms with van der Waals surface area (Å²) in [4.78, 5) is 26.6. The molecule has 0 spiro atoms. The van der Waals surface area contributed by atoms with Crippen LogP contribution in [0.1, 0.15) is 26.7 Å². The van der Waals surface area contributed by atoms with Crippen molar-refractivity contribution in [3.63, 3.8) is 0 Å². The number of hydrogen-bond acceptors (Lipinski definition) is 3. The molecule has 0 radical (unpaired) electrons. The van der Waals surface area contributed by atoms with Crippen molar-refractivity contribution < 1.29 is 14.3 Å². The number of benzene rings is 2. The summed E-state index contributed by atoms with van der Waals surface area (Å²) in [7, 11) is 0. The van der Waals surface area contributed by atoms with Gasteiger partial charge in [-0.1, -0.05) is 18.2 Å². The Kier molecular flexibility index (Phi) is 6.53. The normalized spacial score (nSPS) is 14.6. The minimum absolute atomic E-state index is 0.000598. The third kappa shape index (κ3) is 5.49. The molecule has 1 saturated heterocycles. The van der Waals surface area contributed by atoms with E-state index in [0.29, 0.717) is 25.9 Å². The Labute approximate surface area is 165 Å². The van der Waals surface area contributed by atoms with Crippen molar-refractivity contribution in [1.82, 2.24) is 4.90 Å². The molecule has 0 aromatic heterocycles. The summed E-state index contributed by atoms with van der Waals surface area (Å²) in [5.74, 6) is 0.693. The van der Waals surface area contributed by atoms with Crippen molar-refractivity contribution in [2.45, 2.75) is 32.8 Å². The molecule has 148 valence electrons. The van der Waals surface area contributed by atoms with Crippen molar-refractivity contribution >= 4 is 23.3 Å². The Bertz CT molecular complexity index is 782. The van der Waals surface area contributed by atoms with Gasteiger partial charge in [0.1, 0.15) is 5.75 Å². The highest BCUT2D eigenvalue weighted by Gasteiger charge is 2.27. The number of likely N-dealkylation sites (tertiary alicyclic amines) is 1. The molecule has 2 N–H and O–H groups in total. The molecule has 2 aromatic carbocycles. The number of urea groups is 1. The lowest BCUT2D eigenvalue weighted by Crippen LogP contribution is -2.43. The van der Waals surface area contributed by atoms with Crippen LogP contribution in [-0.2, 0) is 4.79 Å². The van der Waals surface area contributed by atoms with E-state index in [9.17, 15) is 9.59 Å². The van der Waals surface area contributed by atoms with Crippen molar-refractivity contribution in [3.05, 3.63) is 54.6 Å². The Morgan fingerprint density at radius 1 is 0.929 bits per heavy atom. The SMILES string of the molecule is CC(C)Oc1ccc(NC(=O)C2CCN(C(=O)Nc3ccccc3)CC2)cc1. The molecule has 0 atom stereocenters. The van der Waals surface area contributed by atoms with E-state index in [1.54, 1.807) is 4.90 Å². The van der Waals surface area contributed by atoms with Gasteiger partial charge in [0.05, 0.1) is 6.10 Å². The standard InChI is InChI=1S/C22H27N3O3/c1-16(2)28-20-10-8-19(9-11-20)23-21(26)17-12-14-25(15-13-17)22(27)24-18-6-4-3-5-7-18/h3-11,16-17H,12-15H2,1-2H3,(H,23,26)(H,24,27). The summed E-state index contributed by atoms with van der Waals surface area (Å²) >= 11 is 0. The fourth-order valence-electron chi connectivity index (χ4n) is 3.20. The third-order valence-corrected chi connectivity index (χ3v) is 4.67. The zero-order chi connectivity index (χ0) is 19.9. The van der Waals surface area contributed by atoms with Gasteiger partial charge < -0.3 is 20.3 Å². The van der Waals surface area contributed by atoms with E-state index in [1.165, 1.54) is 0 Å². The van der Waals surface area contributed by atoms with Crippen LogP contribution in [0.2, 0.25) is 0 Å². The molecule has 0 unspecified atom stereocenters. The third-order valence-electron chi connectivity index (χ3n) is 4.67. The van der Waals surface area contributed by atoms with E-state index in [4.69, 9.17) is 4.74 Å². The van der Waals surface area contributed by atoms with Crippen molar-refractivity contribution in [1.29, 1.82) is 0 Å². The Morgan fingerprint density at radius 3 is 2.14 bits per heavy atom. The number of carbonyl (C=O) groups excluding carboxylic acids is 2. The number of anilines is 2. The summed E-state index contributed by atoms with van der Waals surface area (Å²) in [5, 5.41) is 5.85. The molecule has 1 fully saturated rings. The number of nitrogens with zero attached hydrogens (tertiary/aromatic N) is 1. The minimum Gasteiger partial charge on any atom is -0.491 e. The van der Waals surface area contributed by atoms with Crippen molar-refractivity contribution in [3.8, 4) is 5.75 Å². The molecule has 6 nitrogen and oxygen atoms in total. The molecule has 0 bridgehead atoms. The summed E-state index contributed by atoms with van der Waals surface area (Å²) < 4.78 is 5.61. The van der Waals surface area contributed by atoms with Crippen molar-refractivity contribution in [2.24, 2.45) is 5.92 Å². The van der Waals surface area contributed by atoms with E-state index >= 15 is 0 Å². The van der Waals surface area contributed by atoms with Gasteiger partial charge in [-0.05, 0) is 63.1 Å². The van der Waals surface area contributed by atoms with Gasteiger partial charge in [0, 0.05) is 30.4 Å². The van der Waals surface area contributed by atoms with E-state index < -0.39 is 0 Å². The average Bonchev–Trinajstić information content (AvgIpc) is 2.70. The van der Waals surface area contributed by atoms with Gasteiger partial charge in [-0.25, -0.2) is 4.79 Å². The first kappa shape index (κ1) is 19.7. The second-order valence-electron chi connectivity index (χ2n) is 7.24. The van der Waals surface area contributed by atoms with Crippen LogP contribution in [0.15, 0.2) is 54.6 Å². The van der Waals surface area contributed by atoms with E-state index in [0.717, 1.165) is 17.1 Å². The maximum Gasteiger partial charge on any atom is 0.321 e. The molecule has 0 aliphatic carbocycles. The number of carbonyl (C=O) groups is 2. The number of ether oxygens (including phenoxy) is 1. The fourth-order valence-corrected chi connectivity index (χ4v) is 3.20. The predicted molar refractivity (Wildman–Crippen MR) is 111 cm³/mol. The monoisotopic (exact) mass is 381 g/mol. The van der Waals surface area contributed by atoms with Gasteiger partial charge >= 0.3 is 6.03 Å². The second-order valence-corrected chi connectivity index (χ2v) is 7.24. The highest BCUT2D eigenvalue weighted by Crippen LogP contribution is 2.22. The summed E-state index contributed by atoms with van der Waals surface area (Å²) in [5.41, 5.74) is 1.53. The van der Waals surface area contributed by atoms with Crippen LogP contribution >= 0.6 is 0 Å². The van der Waals surface area contributed by atoms with Crippen LogP contribution in [0.25, 0.3) is 0 Å². The number of amides is 3. The van der Waals surface area contributed by atoms with E-state index in [1.807, 2.05) is 68.4 Å². The van der Waals surface area contributed by atoms with Gasteiger partial charge in [0.15, 0.2) is 0 Å². The van der Waals surface area contributed by atoms with Gasteiger partial charge in [-0.15, -0.1) is 0 Å². The van der Waals surface area contributed by atoms with Crippen LogP contribution in [0.5, 0.6) is 5.75 Å². The minimum atomic E-state index is -0.120. The summed E-state index contributed by atoms with van der Waals surface area (Å²) in [6, 6.07) is 16.7. The second kappa shape index (κ2) is 9.26. The topological polar surface area (TPSA) is 70.7 Å². The quantitative estimate of drug-likeness (QED) is 0.809. The zero-order valence-electron chi connectivity index (χ0n) is 16.4. The van der Waals surface area contributed by atoms with E-state index in [-0.39, 0.29) is 24.0 Å². The van der Waals surface area contributed by atoms with Crippen LogP contribution in [-0.4, -0.2) is 36.0 Å². The van der Waals surface area contributed by atoms with Gasteiger partial charge in [0.25, 0.3) is 0 Å². The van der Waals surface area contributed by atoms with Crippen LogP contribution < -0.4 is 15.4 Å². The Balaban J connectivity index is 1.46. The fraction of sp³-hybridized carbons (Fsp3) is 0.364. The highest BCUT2D eigenvalue weighted by molar-refractivity contribution is 5.93. The zero-order valence-corrected chi connectivity index (χ0v) is 16.4. The lowest BCUT2D eigenvalue weighted by Gasteiger charge is -2.31. The van der Waals surface area contributed by atoms with Gasteiger partial charge in [0.2, 0.25) is 5.91 Å². The molecule has 6 heteroatoms. The Morgan fingerprint density at radius 2 is 1.54 bits per heavy atom. The first-order valence-corrected chi connectivity index (χ1v) is 9.70. The molecule has 1 aliphatic heterocycles. The summed E-state index contributed by atoms with van der Waals surface area (Å²) in [6.07, 6.45) is 1.43. The maximum atomic E-state index is 12.5. The number of hydrogen-bond donors (Lipinski definition) is 2. The molecule has 0 saturated carbocycles. The van der Waals surface area contributed by atoms with Gasteiger partial charge in [-0.3, -0.25) is 4.79 Å². The summed E-state index contributed by atoms with van der Waals surface area (Å²) in [6.45, 7) is 5.08.